The van der Waals surface area contributed by atoms with E-state index >= 15 is 0 Å². The first-order valence-electron chi connectivity index (χ1n) is 8.83. The molecule has 1 aliphatic rings. The van der Waals surface area contributed by atoms with E-state index in [-0.39, 0.29) is 11.7 Å². The van der Waals surface area contributed by atoms with Crippen molar-refractivity contribution in [1.29, 1.82) is 0 Å². The summed E-state index contributed by atoms with van der Waals surface area (Å²) in [5.74, 6) is 1.01. The van der Waals surface area contributed by atoms with Crippen LogP contribution in [0, 0.1) is 12.7 Å². The summed E-state index contributed by atoms with van der Waals surface area (Å²) in [6, 6.07) is 15.4. The van der Waals surface area contributed by atoms with Crippen molar-refractivity contribution in [2.75, 3.05) is 5.32 Å². The zero-order valence-electron chi connectivity index (χ0n) is 14.9. The average molecular weight is 362 g/mol. The molecular formula is C22H19FN2O2. The van der Waals surface area contributed by atoms with Crippen LogP contribution in [-0.2, 0) is 10.2 Å². The standard InChI is InChI=1S/C22H19FN2O2/c1-15-13-18(8-9-20(15)27-19-3-2-12-24-14-19)25-21(26)22(10-11-22)16-4-6-17(23)7-5-16/h2-9,12-14H,10-11H2,1H3,(H,25,26). The van der Waals surface area contributed by atoms with Gasteiger partial charge in [-0.15, -0.1) is 0 Å². The van der Waals surface area contributed by atoms with Crippen molar-refractivity contribution in [3.63, 3.8) is 0 Å². The van der Waals surface area contributed by atoms with Gasteiger partial charge in [0.2, 0.25) is 5.91 Å². The largest absolute Gasteiger partial charge is 0.455 e. The first kappa shape index (κ1) is 17.2. The van der Waals surface area contributed by atoms with Crippen molar-refractivity contribution >= 4 is 11.6 Å². The van der Waals surface area contributed by atoms with Gasteiger partial charge in [0.05, 0.1) is 11.6 Å². The maximum atomic E-state index is 13.2. The number of benzene rings is 2. The number of halogens is 1. The van der Waals surface area contributed by atoms with Crippen LogP contribution in [0.5, 0.6) is 11.5 Å². The first-order valence-corrected chi connectivity index (χ1v) is 8.83. The highest BCUT2D eigenvalue weighted by Crippen LogP contribution is 2.49. The summed E-state index contributed by atoms with van der Waals surface area (Å²) >= 11 is 0. The predicted molar refractivity (Wildman–Crippen MR) is 101 cm³/mol. The van der Waals surface area contributed by atoms with Crippen LogP contribution in [0.25, 0.3) is 0 Å². The van der Waals surface area contributed by atoms with E-state index in [9.17, 15) is 9.18 Å². The number of pyridine rings is 1. The fourth-order valence-electron chi connectivity index (χ4n) is 3.17. The molecule has 0 bridgehead atoms. The van der Waals surface area contributed by atoms with Crippen LogP contribution in [0.2, 0.25) is 0 Å². The third-order valence-electron chi connectivity index (χ3n) is 4.88. The fourth-order valence-corrected chi connectivity index (χ4v) is 3.17. The van der Waals surface area contributed by atoms with E-state index in [0.717, 1.165) is 24.0 Å². The molecule has 136 valence electrons. The Morgan fingerprint density at radius 3 is 2.56 bits per heavy atom. The lowest BCUT2D eigenvalue weighted by Crippen LogP contribution is -2.27. The molecule has 0 spiro atoms. The summed E-state index contributed by atoms with van der Waals surface area (Å²) in [4.78, 5) is 16.9. The molecule has 1 N–H and O–H groups in total. The van der Waals surface area contributed by atoms with Crippen LogP contribution in [0.3, 0.4) is 0 Å². The van der Waals surface area contributed by atoms with E-state index in [2.05, 4.69) is 10.3 Å². The van der Waals surface area contributed by atoms with E-state index in [1.54, 1.807) is 24.5 Å². The third-order valence-corrected chi connectivity index (χ3v) is 4.88. The Hall–Kier alpha value is -3.21. The number of rotatable bonds is 5. The van der Waals surface area contributed by atoms with Gasteiger partial charge in [-0.25, -0.2) is 4.39 Å². The van der Waals surface area contributed by atoms with E-state index in [1.165, 1.54) is 12.1 Å². The van der Waals surface area contributed by atoms with E-state index < -0.39 is 5.41 Å². The topological polar surface area (TPSA) is 51.2 Å². The molecule has 4 nitrogen and oxygen atoms in total. The minimum atomic E-state index is -0.549. The van der Waals surface area contributed by atoms with Crippen molar-refractivity contribution in [2.45, 2.75) is 25.2 Å². The Balaban J connectivity index is 1.49. The Morgan fingerprint density at radius 1 is 1.15 bits per heavy atom. The number of hydrogen-bond acceptors (Lipinski definition) is 3. The molecule has 1 heterocycles. The lowest BCUT2D eigenvalue weighted by Gasteiger charge is -2.17. The second-order valence-electron chi connectivity index (χ2n) is 6.81. The molecule has 0 radical (unpaired) electrons. The molecule has 27 heavy (non-hydrogen) atoms. The molecule has 1 fully saturated rings. The van der Waals surface area contributed by atoms with Crippen molar-refractivity contribution in [3.05, 3.63) is 83.9 Å². The van der Waals surface area contributed by atoms with Gasteiger partial charge in [-0.3, -0.25) is 9.78 Å². The highest BCUT2D eigenvalue weighted by atomic mass is 19.1. The molecule has 1 saturated carbocycles. The van der Waals surface area contributed by atoms with E-state index in [4.69, 9.17) is 4.74 Å². The van der Waals surface area contributed by atoms with Gasteiger partial charge in [-0.2, -0.15) is 0 Å². The summed E-state index contributed by atoms with van der Waals surface area (Å²) < 4.78 is 19.0. The number of aromatic nitrogens is 1. The smallest absolute Gasteiger partial charge is 0.235 e. The molecule has 2 aromatic carbocycles. The molecule has 4 rings (SSSR count). The number of hydrogen-bond donors (Lipinski definition) is 1. The Labute approximate surface area is 157 Å². The lowest BCUT2D eigenvalue weighted by molar-refractivity contribution is -0.118. The molecule has 0 atom stereocenters. The van der Waals surface area contributed by atoms with E-state index in [0.29, 0.717) is 17.2 Å². The fraction of sp³-hybridized carbons (Fsp3) is 0.182. The molecular weight excluding hydrogens is 343 g/mol. The van der Waals surface area contributed by atoms with Crippen LogP contribution >= 0.6 is 0 Å². The normalized spacial score (nSPS) is 14.4. The number of carbonyl (C=O) groups is 1. The summed E-state index contributed by atoms with van der Waals surface area (Å²) in [5, 5.41) is 2.99. The number of aryl methyl sites for hydroxylation is 1. The highest BCUT2D eigenvalue weighted by molar-refractivity contribution is 6.01. The minimum Gasteiger partial charge on any atom is -0.455 e. The average Bonchev–Trinajstić information content (AvgIpc) is 3.47. The van der Waals surface area contributed by atoms with Crippen molar-refractivity contribution in [3.8, 4) is 11.5 Å². The number of ether oxygens (including phenoxy) is 1. The number of nitrogens with zero attached hydrogens (tertiary/aromatic N) is 1. The Bertz CT molecular complexity index is 967. The molecule has 3 aromatic rings. The van der Waals surface area contributed by atoms with Gasteiger partial charge in [0.15, 0.2) is 0 Å². The number of anilines is 1. The van der Waals surface area contributed by atoms with Gasteiger partial charge in [-0.05, 0) is 73.4 Å². The van der Waals surface area contributed by atoms with Crippen molar-refractivity contribution in [1.82, 2.24) is 4.98 Å². The van der Waals surface area contributed by atoms with Crippen LogP contribution in [0.4, 0.5) is 10.1 Å². The maximum absolute atomic E-state index is 13.2. The summed E-state index contributed by atoms with van der Waals surface area (Å²) in [6.07, 6.45) is 4.87. The monoisotopic (exact) mass is 362 g/mol. The minimum absolute atomic E-state index is 0.0607. The third kappa shape index (κ3) is 3.53. The lowest BCUT2D eigenvalue weighted by atomic mass is 9.95. The Morgan fingerprint density at radius 2 is 1.93 bits per heavy atom. The maximum Gasteiger partial charge on any atom is 0.235 e. The molecule has 0 unspecified atom stereocenters. The second-order valence-corrected chi connectivity index (χ2v) is 6.81. The van der Waals surface area contributed by atoms with Crippen LogP contribution in [0.1, 0.15) is 24.0 Å². The number of amides is 1. The second kappa shape index (κ2) is 6.83. The predicted octanol–water partition coefficient (Wildman–Crippen LogP) is 4.99. The van der Waals surface area contributed by atoms with Gasteiger partial charge < -0.3 is 10.1 Å². The van der Waals surface area contributed by atoms with Crippen LogP contribution in [-0.4, -0.2) is 10.9 Å². The van der Waals surface area contributed by atoms with Crippen molar-refractivity contribution < 1.29 is 13.9 Å². The molecule has 5 heteroatoms. The van der Waals surface area contributed by atoms with Gasteiger partial charge in [-0.1, -0.05) is 12.1 Å². The van der Waals surface area contributed by atoms with Crippen LogP contribution in [0.15, 0.2) is 67.0 Å². The SMILES string of the molecule is Cc1cc(NC(=O)C2(c3ccc(F)cc3)CC2)ccc1Oc1cccnc1. The van der Waals surface area contributed by atoms with Gasteiger partial charge in [0.25, 0.3) is 0 Å². The first-order chi connectivity index (χ1) is 13.1. The zero-order chi connectivity index (χ0) is 18.9. The number of carbonyl (C=O) groups excluding carboxylic acids is 1. The van der Waals surface area contributed by atoms with Crippen molar-refractivity contribution in [2.24, 2.45) is 0 Å². The Kier molecular flexibility index (Phi) is 4.36. The van der Waals surface area contributed by atoms with Gasteiger partial charge in [0, 0.05) is 11.9 Å². The number of nitrogens with one attached hydrogen (secondary N) is 1. The zero-order valence-corrected chi connectivity index (χ0v) is 14.9. The van der Waals surface area contributed by atoms with Crippen LogP contribution < -0.4 is 10.1 Å². The summed E-state index contributed by atoms with van der Waals surface area (Å²) in [5.41, 5.74) is 1.93. The summed E-state index contributed by atoms with van der Waals surface area (Å²) in [7, 11) is 0. The van der Waals surface area contributed by atoms with E-state index in [1.807, 2.05) is 37.3 Å². The molecule has 1 aliphatic carbocycles. The summed E-state index contributed by atoms with van der Waals surface area (Å²) in [6.45, 7) is 1.92. The quantitative estimate of drug-likeness (QED) is 0.695. The molecule has 0 saturated heterocycles. The highest BCUT2D eigenvalue weighted by Gasteiger charge is 2.51. The van der Waals surface area contributed by atoms with Gasteiger partial charge in [0.1, 0.15) is 17.3 Å². The molecule has 1 aromatic heterocycles. The molecule has 1 amide bonds. The van der Waals surface area contributed by atoms with Gasteiger partial charge >= 0.3 is 0 Å². The molecule has 0 aliphatic heterocycles.